The summed E-state index contributed by atoms with van der Waals surface area (Å²) >= 11 is 7.39. The average molecular weight is 320 g/mol. The van der Waals surface area contributed by atoms with Crippen LogP contribution in [-0.2, 0) is 0 Å². The molecular weight excluding hydrogens is 304 g/mol. The molecule has 6 heteroatoms. The first-order valence-corrected chi connectivity index (χ1v) is 8.38. The zero-order chi connectivity index (χ0) is 14.8. The molecule has 0 saturated carbocycles. The van der Waals surface area contributed by atoms with Crippen LogP contribution >= 0.6 is 24.0 Å². The normalized spacial score (nSPS) is 15.2. The summed E-state index contributed by atoms with van der Waals surface area (Å²) in [5.74, 6) is 2.21. The minimum absolute atomic E-state index is 0.326. The Balaban J connectivity index is 1.84. The first kappa shape index (κ1) is 14.4. The van der Waals surface area contributed by atoms with Gasteiger partial charge in [0.25, 0.3) is 0 Å². The Kier molecular flexibility index (Phi) is 4.17. The van der Waals surface area contributed by atoms with Gasteiger partial charge in [-0.25, -0.2) is 4.79 Å². The maximum atomic E-state index is 11.5. The predicted molar refractivity (Wildman–Crippen MR) is 92.3 cm³/mol. The second-order valence-corrected chi connectivity index (χ2v) is 6.60. The number of thioether (sulfide) groups is 1. The van der Waals surface area contributed by atoms with Crippen molar-refractivity contribution in [2.24, 2.45) is 0 Å². The van der Waals surface area contributed by atoms with E-state index in [1.54, 1.807) is 0 Å². The lowest BCUT2D eigenvalue weighted by Crippen LogP contribution is -2.40. The molecule has 1 fully saturated rings. The lowest BCUT2D eigenvalue weighted by Gasteiger charge is -2.29. The number of rotatable bonds is 1. The van der Waals surface area contributed by atoms with Crippen molar-refractivity contribution in [3.05, 3.63) is 40.2 Å². The van der Waals surface area contributed by atoms with Crippen molar-refractivity contribution in [2.45, 2.75) is 6.92 Å². The molecule has 0 unspecified atom stereocenters. The highest BCUT2D eigenvalue weighted by Gasteiger charge is 2.14. The molecule has 3 rings (SSSR count). The van der Waals surface area contributed by atoms with Crippen LogP contribution < -0.4 is 10.9 Å². The fourth-order valence-corrected chi connectivity index (χ4v) is 3.58. The van der Waals surface area contributed by atoms with E-state index in [2.05, 4.69) is 10.2 Å². The lowest BCUT2D eigenvalue weighted by atomic mass is 10.1. The summed E-state index contributed by atoms with van der Waals surface area (Å²) in [4.78, 5) is 13.6. The highest BCUT2D eigenvalue weighted by molar-refractivity contribution is 7.99. The fourth-order valence-electron chi connectivity index (χ4n) is 2.37. The Morgan fingerprint density at radius 2 is 2.10 bits per heavy atom. The number of nitrogens with one attached hydrogen (secondary N) is 1. The number of thiocarbonyl (C=S) groups is 1. The first-order chi connectivity index (χ1) is 10.1. The van der Waals surface area contributed by atoms with Gasteiger partial charge in [-0.15, -0.1) is 0 Å². The molecule has 0 bridgehead atoms. The van der Waals surface area contributed by atoms with Crippen LogP contribution in [0.15, 0.2) is 33.5 Å². The minimum Gasteiger partial charge on any atom is -0.423 e. The molecule has 0 radical (unpaired) electrons. The molecule has 0 atom stereocenters. The van der Waals surface area contributed by atoms with Crippen molar-refractivity contribution in [1.29, 1.82) is 0 Å². The molecule has 1 aromatic carbocycles. The smallest absolute Gasteiger partial charge is 0.336 e. The third-order valence-electron chi connectivity index (χ3n) is 3.50. The van der Waals surface area contributed by atoms with E-state index in [0.717, 1.165) is 46.3 Å². The number of aryl methyl sites for hydroxylation is 1. The fraction of sp³-hybridized carbons (Fsp3) is 0.333. The topological polar surface area (TPSA) is 45.5 Å². The van der Waals surface area contributed by atoms with E-state index in [0.29, 0.717) is 5.58 Å². The number of hydrogen-bond donors (Lipinski definition) is 1. The van der Waals surface area contributed by atoms with Crippen LogP contribution in [-0.4, -0.2) is 34.6 Å². The number of anilines is 1. The van der Waals surface area contributed by atoms with Gasteiger partial charge >= 0.3 is 5.63 Å². The third kappa shape index (κ3) is 3.22. The molecule has 1 aliphatic heterocycles. The molecule has 0 spiro atoms. The highest BCUT2D eigenvalue weighted by Crippen LogP contribution is 2.21. The van der Waals surface area contributed by atoms with Crippen molar-refractivity contribution < 1.29 is 4.42 Å². The van der Waals surface area contributed by atoms with Gasteiger partial charge in [-0.05, 0) is 36.8 Å². The minimum atomic E-state index is -0.326. The standard InChI is InChI=1S/C15H16N2O2S2/c1-10-8-14(18)19-13-9-11(2-3-12(10)13)16-15(20)17-4-6-21-7-5-17/h2-3,8-9H,4-7H2,1H3,(H,16,20). The summed E-state index contributed by atoms with van der Waals surface area (Å²) < 4.78 is 5.25. The van der Waals surface area contributed by atoms with E-state index in [1.165, 1.54) is 6.07 Å². The quantitative estimate of drug-likeness (QED) is 0.644. The zero-order valence-corrected chi connectivity index (χ0v) is 13.4. The largest absolute Gasteiger partial charge is 0.423 e. The van der Waals surface area contributed by atoms with E-state index < -0.39 is 0 Å². The molecule has 1 aromatic heterocycles. The Morgan fingerprint density at radius 3 is 2.86 bits per heavy atom. The van der Waals surface area contributed by atoms with Gasteiger partial charge in [0.15, 0.2) is 5.11 Å². The van der Waals surface area contributed by atoms with Crippen molar-refractivity contribution in [2.75, 3.05) is 29.9 Å². The number of fused-ring (bicyclic) bond motifs is 1. The van der Waals surface area contributed by atoms with Crippen molar-refractivity contribution in [3.8, 4) is 0 Å². The van der Waals surface area contributed by atoms with Gasteiger partial charge in [0.05, 0.1) is 0 Å². The van der Waals surface area contributed by atoms with Crippen molar-refractivity contribution in [3.63, 3.8) is 0 Å². The van der Waals surface area contributed by atoms with Crippen LogP contribution in [0.2, 0.25) is 0 Å². The number of benzene rings is 1. The van der Waals surface area contributed by atoms with Crippen molar-refractivity contribution >= 4 is 45.7 Å². The maximum absolute atomic E-state index is 11.5. The van der Waals surface area contributed by atoms with Crippen LogP contribution in [0.1, 0.15) is 5.56 Å². The predicted octanol–water partition coefficient (Wildman–Crippen LogP) is 2.85. The lowest BCUT2D eigenvalue weighted by molar-refractivity contribution is 0.470. The molecule has 2 aromatic rings. The van der Waals surface area contributed by atoms with Gasteiger partial charge in [-0.2, -0.15) is 11.8 Å². The Labute approximate surface area is 132 Å². The van der Waals surface area contributed by atoms with Crippen LogP contribution in [0.5, 0.6) is 0 Å². The molecule has 1 N–H and O–H groups in total. The summed E-state index contributed by atoms with van der Waals surface area (Å²) in [6, 6.07) is 7.24. The van der Waals surface area contributed by atoms with Crippen LogP contribution in [0.4, 0.5) is 5.69 Å². The second-order valence-electron chi connectivity index (χ2n) is 4.99. The van der Waals surface area contributed by atoms with Gasteiger partial charge in [0, 0.05) is 47.8 Å². The Bertz CT molecular complexity index is 736. The molecule has 0 aliphatic carbocycles. The average Bonchev–Trinajstić information content (AvgIpc) is 2.47. The van der Waals surface area contributed by atoms with Gasteiger partial charge in [0.1, 0.15) is 5.58 Å². The summed E-state index contributed by atoms with van der Waals surface area (Å²) in [7, 11) is 0. The van der Waals surface area contributed by atoms with Gasteiger partial charge in [-0.3, -0.25) is 0 Å². The van der Waals surface area contributed by atoms with E-state index in [1.807, 2.05) is 36.9 Å². The molecule has 110 valence electrons. The molecular formula is C15H16N2O2S2. The summed E-state index contributed by atoms with van der Waals surface area (Å²) in [6.07, 6.45) is 0. The van der Waals surface area contributed by atoms with Gasteiger partial charge in [0.2, 0.25) is 0 Å². The number of nitrogens with zero attached hydrogens (tertiary/aromatic N) is 1. The summed E-state index contributed by atoms with van der Waals surface area (Å²) in [6.45, 7) is 3.85. The van der Waals surface area contributed by atoms with E-state index in [4.69, 9.17) is 16.6 Å². The Hall–Kier alpha value is -1.53. The van der Waals surface area contributed by atoms with Crippen LogP contribution in [0, 0.1) is 6.92 Å². The second kappa shape index (κ2) is 6.07. The molecule has 0 amide bonds. The maximum Gasteiger partial charge on any atom is 0.336 e. The van der Waals surface area contributed by atoms with E-state index in [9.17, 15) is 4.79 Å². The monoisotopic (exact) mass is 320 g/mol. The van der Waals surface area contributed by atoms with E-state index in [-0.39, 0.29) is 5.63 Å². The van der Waals surface area contributed by atoms with Crippen LogP contribution in [0.25, 0.3) is 11.0 Å². The van der Waals surface area contributed by atoms with Gasteiger partial charge < -0.3 is 14.6 Å². The van der Waals surface area contributed by atoms with Gasteiger partial charge in [-0.1, -0.05) is 0 Å². The zero-order valence-electron chi connectivity index (χ0n) is 11.7. The molecule has 2 heterocycles. The summed E-state index contributed by atoms with van der Waals surface area (Å²) in [5.41, 5.74) is 2.03. The third-order valence-corrected chi connectivity index (χ3v) is 4.80. The van der Waals surface area contributed by atoms with Crippen LogP contribution in [0.3, 0.4) is 0 Å². The Morgan fingerprint density at radius 1 is 1.33 bits per heavy atom. The SMILES string of the molecule is Cc1cc(=O)oc2cc(NC(=S)N3CCSCC3)ccc12. The molecule has 4 nitrogen and oxygen atoms in total. The highest BCUT2D eigenvalue weighted by atomic mass is 32.2. The van der Waals surface area contributed by atoms with Crippen molar-refractivity contribution in [1.82, 2.24) is 4.90 Å². The molecule has 21 heavy (non-hydrogen) atoms. The first-order valence-electron chi connectivity index (χ1n) is 6.82. The summed E-state index contributed by atoms with van der Waals surface area (Å²) in [5, 5.41) is 4.90. The number of hydrogen-bond acceptors (Lipinski definition) is 4. The molecule has 1 saturated heterocycles. The molecule has 1 aliphatic rings. The van der Waals surface area contributed by atoms with E-state index >= 15 is 0 Å².